The molecule has 0 aliphatic heterocycles. The van der Waals surface area contributed by atoms with Crippen LogP contribution in [0.4, 0.5) is 0 Å². The van der Waals surface area contributed by atoms with E-state index < -0.39 is 6.10 Å². The maximum atomic E-state index is 10.2. The molecule has 0 fully saturated rings. The Morgan fingerprint density at radius 2 is 1.47 bits per heavy atom. The highest BCUT2D eigenvalue weighted by Crippen LogP contribution is 2.29. The van der Waals surface area contributed by atoms with Crippen molar-refractivity contribution >= 4 is 0 Å². The summed E-state index contributed by atoms with van der Waals surface area (Å²) in [5.41, 5.74) is 6.58. The molecule has 1 aromatic rings. The minimum Gasteiger partial charge on any atom is -0.488 e. The summed E-state index contributed by atoms with van der Waals surface area (Å²) in [5, 5.41) is 10.2. The van der Waals surface area contributed by atoms with Crippen LogP contribution in [0.3, 0.4) is 0 Å². The lowest BCUT2D eigenvalue weighted by molar-refractivity contribution is 0.0400. The molecule has 2 atom stereocenters. The second kappa shape index (κ2) is 5.51. The molecular weight excluding hydrogens is 238 g/mol. The van der Waals surface area contributed by atoms with Gasteiger partial charge in [-0.3, -0.25) is 0 Å². The quantitative estimate of drug-likeness (QED) is 0.882. The molecule has 3 N–H and O–H groups in total. The number of rotatable bonds is 3. The normalized spacial score (nSPS) is 16.0. The van der Waals surface area contributed by atoms with Gasteiger partial charge in [-0.1, -0.05) is 32.9 Å². The first-order valence-electron chi connectivity index (χ1n) is 6.73. The summed E-state index contributed by atoms with van der Waals surface area (Å²) in [5.74, 6) is 0.814. The van der Waals surface area contributed by atoms with Gasteiger partial charge < -0.3 is 15.6 Å². The predicted octanol–water partition coefficient (Wildman–Crippen LogP) is 3.27. The molecule has 0 spiro atoms. The molecule has 1 rings (SSSR count). The Morgan fingerprint density at radius 3 is 1.84 bits per heavy atom. The van der Waals surface area contributed by atoms with Crippen LogP contribution in [0.5, 0.6) is 5.75 Å². The molecule has 0 aliphatic rings. The highest BCUT2D eigenvalue weighted by Gasteiger charge is 2.29. The van der Waals surface area contributed by atoms with Gasteiger partial charge in [0.25, 0.3) is 0 Å². The van der Waals surface area contributed by atoms with Crippen molar-refractivity contribution in [3.05, 3.63) is 29.8 Å². The average Bonchev–Trinajstić information content (AvgIpc) is 2.24. The SMILES string of the molecule is CC(C)(C)Oc1ccc([C@H](N)[C@H](O)C(C)(C)C)cc1. The molecule has 0 saturated carbocycles. The average molecular weight is 265 g/mol. The molecule has 19 heavy (non-hydrogen) atoms. The first-order valence-corrected chi connectivity index (χ1v) is 6.73. The maximum Gasteiger partial charge on any atom is 0.120 e. The van der Waals surface area contributed by atoms with Crippen LogP contribution in [0.25, 0.3) is 0 Å². The van der Waals surface area contributed by atoms with Gasteiger partial charge in [0.15, 0.2) is 0 Å². The Bertz CT molecular complexity index is 398. The van der Waals surface area contributed by atoms with Crippen LogP contribution < -0.4 is 10.5 Å². The van der Waals surface area contributed by atoms with Crippen LogP contribution in [-0.2, 0) is 0 Å². The topological polar surface area (TPSA) is 55.5 Å². The molecule has 0 bridgehead atoms. The van der Waals surface area contributed by atoms with Crippen LogP contribution in [0.1, 0.15) is 53.1 Å². The van der Waals surface area contributed by atoms with Crippen molar-refractivity contribution in [2.24, 2.45) is 11.1 Å². The van der Waals surface area contributed by atoms with Crippen molar-refractivity contribution < 1.29 is 9.84 Å². The number of nitrogens with two attached hydrogens (primary N) is 1. The summed E-state index contributed by atoms with van der Waals surface area (Å²) >= 11 is 0. The van der Waals surface area contributed by atoms with Gasteiger partial charge in [0.1, 0.15) is 11.4 Å². The van der Waals surface area contributed by atoms with Gasteiger partial charge in [0.2, 0.25) is 0 Å². The van der Waals surface area contributed by atoms with Crippen molar-refractivity contribution in [3.63, 3.8) is 0 Å². The Labute approximate surface area is 116 Å². The molecule has 1 aromatic carbocycles. The minimum atomic E-state index is -0.582. The van der Waals surface area contributed by atoms with E-state index >= 15 is 0 Å². The lowest BCUT2D eigenvalue weighted by atomic mass is 9.82. The zero-order valence-corrected chi connectivity index (χ0v) is 12.9. The number of aliphatic hydroxyl groups excluding tert-OH is 1. The first-order chi connectivity index (χ1) is 8.50. The molecule has 0 saturated heterocycles. The van der Waals surface area contributed by atoms with Gasteiger partial charge in [-0.2, -0.15) is 0 Å². The van der Waals surface area contributed by atoms with E-state index in [0.717, 1.165) is 11.3 Å². The number of ether oxygens (including phenoxy) is 1. The Morgan fingerprint density at radius 1 is 1.00 bits per heavy atom. The second-order valence-electron chi connectivity index (χ2n) is 7.12. The molecule has 3 nitrogen and oxygen atoms in total. The van der Waals surface area contributed by atoms with E-state index in [9.17, 15) is 5.11 Å². The first kappa shape index (κ1) is 16.0. The van der Waals surface area contributed by atoms with Gasteiger partial charge in [-0.25, -0.2) is 0 Å². The third-order valence-electron chi connectivity index (χ3n) is 2.92. The van der Waals surface area contributed by atoms with Crippen LogP contribution >= 0.6 is 0 Å². The van der Waals surface area contributed by atoms with Crippen LogP contribution in [-0.4, -0.2) is 16.8 Å². The number of aliphatic hydroxyl groups is 1. The van der Waals surface area contributed by atoms with Crippen LogP contribution in [0, 0.1) is 5.41 Å². The van der Waals surface area contributed by atoms with Crippen molar-refractivity contribution in [2.75, 3.05) is 0 Å². The van der Waals surface area contributed by atoms with Gasteiger partial charge >= 0.3 is 0 Å². The smallest absolute Gasteiger partial charge is 0.120 e. The Kier molecular flexibility index (Phi) is 4.64. The van der Waals surface area contributed by atoms with E-state index in [1.807, 2.05) is 65.8 Å². The molecule has 0 heterocycles. The molecule has 0 aliphatic carbocycles. The molecule has 0 unspecified atom stereocenters. The molecule has 3 heteroatoms. The van der Waals surface area contributed by atoms with Crippen molar-refractivity contribution in [1.82, 2.24) is 0 Å². The van der Waals surface area contributed by atoms with E-state index in [1.54, 1.807) is 0 Å². The summed E-state index contributed by atoms with van der Waals surface area (Å²) in [6.07, 6.45) is -0.582. The van der Waals surface area contributed by atoms with Gasteiger partial charge in [0, 0.05) is 0 Å². The fraction of sp³-hybridized carbons (Fsp3) is 0.625. The van der Waals surface area contributed by atoms with Crippen molar-refractivity contribution in [2.45, 2.75) is 59.3 Å². The number of hydrogen-bond acceptors (Lipinski definition) is 3. The lowest BCUT2D eigenvalue weighted by Gasteiger charge is -2.31. The Balaban J connectivity index is 2.82. The van der Waals surface area contributed by atoms with Gasteiger partial charge in [0.05, 0.1) is 12.1 Å². The zero-order chi connectivity index (χ0) is 14.8. The molecule has 108 valence electrons. The van der Waals surface area contributed by atoms with E-state index in [0.29, 0.717) is 0 Å². The highest BCUT2D eigenvalue weighted by molar-refractivity contribution is 5.30. The molecule has 0 amide bonds. The third kappa shape index (κ3) is 4.84. The number of hydrogen-bond donors (Lipinski definition) is 2. The van der Waals surface area contributed by atoms with E-state index in [2.05, 4.69) is 0 Å². The highest BCUT2D eigenvalue weighted by atomic mass is 16.5. The summed E-state index contributed by atoms with van der Waals surface area (Å²) in [6, 6.07) is 7.25. The van der Waals surface area contributed by atoms with E-state index in [1.165, 1.54) is 0 Å². The standard InChI is InChI=1S/C16H27NO2/c1-15(2,3)14(18)13(17)11-7-9-12(10-8-11)19-16(4,5)6/h7-10,13-14,18H,17H2,1-6H3/t13-,14-/m0/s1. The van der Waals surface area contributed by atoms with Gasteiger partial charge in [-0.05, 0) is 43.9 Å². The summed E-state index contributed by atoms with van der Waals surface area (Å²) in [7, 11) is 0. The largest absolute Gasteiger partial charge is 0.488 e. The fourth-order valence-corrected chi connectivity index (χ4v) is 1.83. The molecule has 0 radical (unpaired) electrons. The predicted molar refractivity (Wildman–Crippen MR) is 79.2 cm³/mol. The van der Waals surface area contributed by atoms with Crippen molar-refractivity contribution in [1.29, 1.82) is 0 Å². The van der Waals surface area contributed by atoms with E-state index in [4.69, 9.17) is 10.5 Å². The molecule has 0 aromatic heterocycles. The lowest BCUT2D eigenvalue weighted by Crippen LogP contribution is -2.36. The zero-order valence-electron chi connectivity index (χ0n) is 12.9. The third-order valence-corrected chi connectivity index (χ3v) is 2.92. The van der Waals surface area contributed by atoms with Gasteiger partial charge in [-0.15, -0.1) is 0 Å². The maximum absolute atomic E-state index is 10.2. The molecular formula is C16H27NO2. The van der Waals surface area contributed by atoms with Crippen LogP contribution in [0.2, 0.25) is 0 Å². The minimum absolute atomic E-state index is 0.214. The summed E-state index contributed by atoms with van der Waals surface area (Å²) < 4.78 is 5.76. The Hall–Kier alpha value is -1.06. The number of benzene rings is 1. The second-order valence-corrected chi connectivity index (χ2v) is 7.12. The fourth-order valence-electron chi connectivity index (χ4n) is 1.83. The summed E-state index contributed by atoms with van der Waals surface area (Å²) in [6.45, 7) is 12.0. The summed E-state index contributed by atoms with van der Waals surface area (Å²) in [4.78, 5) is 0. The monoisotopic (exact) mass is 265 g/mol. The van der Waals surface area contributed by atoms with Crippen LogP contribution in [0.15, 0.2) is 24.3 Å². The van der Waals surface area contributed by atoms with Crippen molar-refractivity contribution in [3.8, 4) is 5.75 Å². The van der Waals surface area contributed by atoms with E-state index in [-0.39, 0.29) is 17.1 Å².